The molecule has 0 atom stereocenters. The first-order valence-corrected chi connectivity index (χ1v) is 7.48. The van der Waals surface area contributed by atoms with Crippen LogP contribution in [-0.2, 0) is 13.2 Å². The minimum atomic E-state index is -0.431. The van der Waals surface area contributed by atoms with Crippen molar-refractivity contribution in [1.82, 2.24) is 14.7 Å². The molecule has 0 saturated heterocycles. The van der Waals surface area contributed by atoms with Crippen molar-refractivity contribution >= 4 is 34.8 Å². The highest BCUT2D eigenvalue weighted by Gasteiger charge is 2.11. The lowest BCUT2D eigenvalue weighted by molar-refractivity contribution is 0.237. The molecule has 0 radical (unpaired) electrons. The molecule has 2 rings (SSSR count). The molecule has 0 bridgehead atoms. The standard InChI is InChI=1S/C14H14Cl3N3O2/c1-19(7-9-5-10(15)3-4-12(9)22-2)8-20-14(21)13(17)11(16)6-18-20/h3-6H,7-8H2,1-2H3. The zero-order chi connectivity index (χ0) is 16.3. The smallest absolute Gasteiger partial charge is 0.288 e. The topological polar surface area (TPSA) is 47.4 Å². The molecule has 1 aromatic carbocycles. The molecule has 0 aliphatic carbocycles. The molecule has 0 aliphatic heterocycles. The molecule has 0 amide bonds. The average Bonchev–Trinajstić information content (AvgIpc) is 2.48. The van der Waals surface area contributed by atoms with E-state index in [4.69, 9.17) is 39.5 Å². The van der Waals surface area contributed by atoms with E-state index in [9.17, 15) is 4.79 Å². The number of ether oxygens (including phenoxy) is 1. The van der Waals surface area contributed by atoms with Crippen molar-refractivity contribution in [1.29, 1.82) is 0 Å². The van der Waals surface area contributed by atoms with Gasteiger partial charge in [0.25, 0.3) is 5.56 Å². The van der Waals surface area contributed by atoms with Crippen molar-refractivity contribution in [2.75, 3.05) is 14.2 Å². The van der Waals surface area contributed by atoms with E-state index in [1.807, 2.05) is 18.0 Å². The third-order valence-corrected chi connectivity index (χ3v) is 3.98. The number of methoxy groups -OCH3 is 1. The van der Waals surface area contributed by atoms with Crippen LogP contribution in [0.3, 0.4) is 0 Å². The van der Waals surface area contributed by atoms with Gasteiger partial charge >= 0.3 is 0 Å². The zero-order valence-corrected chi connectivity index (χ0v) is 14.3. The summed E-state index contributed by atoms with van der Waals surface area (Å²) in [6, 6.07) is 5.38. The second-order valence-corrected chi connectivity index (χ2v) is 5.94. The summed E-state index contributed by atoms with van der Waals surface area (Å²) in [6.45, 7) is 0.781. The first kappa shape index (κ1) is 17.1. The quantitative estimate of drug-likeness (QED) is 0.819. The maximum Gasteiger partial charge on any atom is 0.288 e. The summed E-state index contributed by atoms with van der Waals surface area (Å²) in [5, 5.41) is 4.69. The summed E-state index contributed by atoms with van der Waals surface area (Å²) in [5.41, 5.74) is 0.477. The van der Waals surface area contributed by atoms with Gasteiger partial charge in [-0.05, 0) is 25.2 Å². The maximum absolute atomic E-state index is 12.0. The number of hydrogen-bond acceptors (Lipinski definition) is 4. The Balaban J connectivity index is 2.17. The Labute approximate surface area is 143 Å². The Morgan fingerprint density at radius 1 is 1.32 bits per heavy atom. The van der Waals surface area contributed by atoms with Crippen LogP contribution in [0.15, 0.2) is 29.2 Å². The van der Waals surface area contributed by atoms with Gasteiger partial charge in [-0.1, -0.05) is 34.8 Å². The van der Waals surface area contributed by atoms with Crippen LogP contribution in [0.25, 0.3) is 0 Å². The fraction of sp³-hybridized carbons (Fsp3) is 0.286. The van der Waals surface area contributed by atoms with E-state index in [2.05, 4.69) is 5.10 Å². The predicted octanol–water partition coefficient (Wildman–Crippen LogP) is 3.30. The van der Waals surface area contributed by atoms with Gasteiger partial charge in [-0.3, -0.25) is 9.69 Å². The van der Waals surface area contributed by atoms with Gasteiger partial charge in [-0.25, -0.2) is 4.68 Å². The number of hydrogen-bond donors (Lipinski definition) is 0. The van der Waals surface area contributed by atoms with Crippen LogP contribution < -0.4 is 10.3 Å². The van der Waals surface area contributed by atoms with Crippen molar-refractivity contribution in [2.24, 2.45) is 0 Å². The average molecular weight is 363 g/mol. The van der Waals surface area contributed by atoms with Crippen molar-refractivity contribution < 1.29 is 4.74 Å². The highest BCUT2D eigenvalue weighted by molar-refractivity contribution is 6.41. The molecule has 0 N–H and O–H groups in total. The van der Waals surface area contributed by atoms with Gasteiger partial charge in [0, 0.05) is 17.1 Å². The molecule has 0 unspecified atom stereocenters. The van der Waals surface area contributed by atoms with E-state index in [0.717, 1.165) is 11.3 Å². The summed E-state index contributed by atoms with van der Waals surface area (Å²) in [7, 11) is 3.44. The molecule has 8 heteroatoms. The lowest BCUT2D eigenvalue weighted by atomic mass is 10.2. The molecule has 0 fully saturated rings. The summed E-state index contributed by atoms with van der Waals surface area (Å²) in [5.74, 6) is 0.727. The lowest BCUT2D eigenvalue weighted by Crippen LogP contribution is -2.31. The van der Waals surface area contributed by atoms with E-state index in [-0.39, 0.29) is 16.7 Å². The summed E-state index contributed by atoms with van der Waals surface area (Å²) < 4.78 is 6.54. The van der Waals surface area contributed by atoms with Gasteiger partial charge in [0.05, 0.1) is 25.0 Å². The fourth-order valence-electron chi connectivity index (χ4n) is 1.99. The monoisotopic (exact) mass is 361 g/mol. The third kappa shape index (κ3) is 3.93. The Kier molecular flexibility index (Phi) is 5.69. The van der Waals surface area contributed by atoms with Crippen molar-refractivity contribution in [3.8, 4) is 5.75 Å². The molecule has 5 nitrogen and oxygen atoms in total. The summed E-state index contributed by atoms with van der Waals surface area (Å²) >= 11 is 17.6. The Bertz CT molecular complexity index is 734. The second kappa shape index (κ2) is 7.33. The first-order chi connectivity index (χ1) is 10.4. The SMILES string of the molecule is COc1ccc(Cl)cc1CN(C)Cn1ncc(Cl)c(Cl)c1=O. The van der Waals surface area contributed by atoms with Crippen LogP contribution in [0.4, 0.5) is 0 Å². The molecular formula is C14H14Cl3N3O2. The number of rotatable bonds is 5. The van der Waals surface area contributed by atoms with E-state index < -0.39 is 5.56 Å². The van der Waals surface area contributed by atoms with Gasteiger partial charge in [-0.15, -0.1) is 0 Å². The van der Waals surface area contributed by atoms with Crippen LogP contribution in [0.5, 0.6) is 5.75 Å². The van der Waals surface area contributed by atoms with Crippen molar-refractivity contribution in [2.45, 2.75) is 13.2 Å². The van der Waals surface area contributed by atoms with E-state index in [1.165, 1.54) is 10.9 Å². The van der Waals surface area contributed by atoms with Crippen LogP contribution in [0.2, 0.25) is 15.1 Å². The van der Waals surface area contributed by atoms with Crippen molar-refractivity contribution in [3.05, 3.63) is 55.4 Å². The lowest BCUT2D eigenvalue weighted by Gasteiger charge is -2.19. The maximum atomic E-state index is 12.0. The second-order valence-electron chi connectivity index (χ2n) is 4.72. The Morgan fingerprint density at radius 2 is 2.05 bits per heavy atom. The van der Waals surface area contributed by atoms with E-state index in [0.29, 0.717) is 11.6 Å². The van der Waals surface area contributed by atoms with Gasteiger partial charge < -0.3 is 4.74 Å². The van der Waals surface area contributed by atoms with Crippen LogP contribution in [0, 0.1) is 0 Å². The molecule has 1 aromatic heterocycles. The highest BCUT2D eigenvalue weighted by atomic mass is 35.5. The largest absolute Gasteiger partial charge is 0.496 e. The van der Waals surface area contributed by atoms with Gasteiger partial charge in [0.1, 0.15) is 10.8 Å². The molecule has 1 heterocycles. The summed E-state index contributed by atoms with van der Waals surface area (Å²) in [6.07, 6.45) is 1.35. The highest BCUT2D eigenvalue weighted by Crippen LogP contribution is 2.23. The Morgan fingerprint density at radius 3 is 2.73 bits per heavy atom. The molecule has 2 aromatic rings. The number of aromatic nitrogens is 2. The van der Waals surface area contributed by atoms with Crippen molar-refractivity contribution in [3.63, 3.8) is 0 Å². The molecule has 118 valence electrons. The molecule has 0 saturated carbocycles. The molecule has 0 aliphatic rings. The third-order valence-electron chi connectivity index (χ3n) is 3.00. The van der Waals surface area contributed by atoms with Crippen LogP contribution in [-0.4, -0.2) is 28.8 Å². The van der Waals surface area contributed by atoms with Gasteiger partial charge in [0.2, 0.25) is 0 Å². The number of nitrogens with zero attached hydrogens (tertiary/aromatic N) is 3. The van der Waals surface area contributed by atoms with Crippen LogP contribution >= 0.6 is 34.8 Å². The molecular weight excluding hydrogens is 349 g/mol. The van der Waals surface area contributed by atoms with E-state index >= 15 is 0 Å². The minimum absolute atomic E-state index is 0.0367. The summed E-state index contributed by atoms with van der Waals surface area (Å²) in [4.78, 5) is 13.8. The van der Waals surface area contributed by atoms with Gasteiger partial charge in [-0.2, -0.15) is 5.10 Å². The zero-order valence-electron chi connectivity index (χ0n) is 12.0. The fourth-order valence-corrected chi connectivity index (χ4v) is 2.45. The van der Waals surface area contributed by atoms with E-state index in [1.54, 1.807) is 19.2 Å². The number of benzene rings is 1. The van der Waals surface area contributed by atoms with Gasteiger partial charge in [0.15, 0.2) is 0 Å². The minimum Gasteiger partial charge on any atom is -0.496 e. The Hall–Kier alpha value is -1.27. The number of halogens is 3. The normalized spacial score (nSPS) is 11.0. The molecule has 22 heavy (non-hydrogen) atoms. The van der Waals surface area contributed by atoms with Crippen LogP contribution in [0.1, 0.15) is 5.56 Å². The first-order valence-electron chi connectivity index (χ1n) is 6.34. The predicted molar refractivity (Wildman–Crippen MR) is 88.0 cm³/mol. The molecule has 0 spiro atoms.